The molecule has 1 heterocycles. The monoisotopic (exact) mass is 173 g/mol. The van der Waals surface area contributed by atoms with Gasteiger partial charge < -0.3 is 5.11 Å². The molecule has 0 fully saturated rings. The summed E-state index contributed by atoms with van der Waals surface area (Å²) in [6.07, 6.45) is -0.954. The molecule has 1 aromatic heterocycles. The summed E-state index contributed by atoms with van der Waals surface area (Å²) in [5.41, 5.74) is 0. The number of thiophene rings is 1. The molecule has 0 saturated carbocycles. The summed E-state index contributed by atoms with van der Waals surface area (Å²) < 4.78 is 0. The van der Waals surface area contributed by atoms with Gasteiger partial charge in [-0.25, -0.2) is 0 Å². The summed E-state index contributed by atoms with van der Waals surface area (Å²) in [5, 5.41) is 20.9. The zero-order valence-electron chi connectivity index (χ0n) is 5.64. The van der Waals surface area contributed by atoms with Crippen molar-refractivity contribution in [2.24, 2.45) is 0 Å². The topological polar surface area (TPSA) is 63.4 Å². The first kappa shape index (κ1) is 8.16. The van der Waals surface area contributed by atoms with Crippen molar-refractivity contribution >= 4 is 11.3 Å². The van der Waals surface area contributed by atoms with E-state index in [2.05, 4.69) is 0 Å². The van der Waals surface area contributed by atoms with Gasteiger partial charge in [-0.1, -0.05) is 6.07 Å². The number of hydrogen-bond donors (Lipinski definition) is 1. The lowest BCUT2D eigenvalue weighted by Gasteiger charge is -2.00. The van der Waals surface area contributed by atoms with Crippen LogP contribution in [0, 0.1) is 10.1 Å². The van der Waals surface area contributed by atoms with Crippen LogP contribution in [0.4, 0.5) is 0 Å². The molecule has 0 bridgehead atoms. The van der Waals surface area contributed by atoms with Crippen LogP contribution in [-0.4, -0.2) is 16.6 Å². The summed E-state index contributed by atoms with van der Waals surface area (Å²) in [4.78, 5) is 10.1. The second-order valence-corrected chi connectivity index (χ2v) is 3.03. The van der Waals surface area contributed by atoms with E-state index in [4.69, 9.17) is 5.11 Å². The summed E-state index contributed by atoms with van der Waals surface area (Å²) in [7, 11) is 0. The van der Waals surface area contributed by atoms with Crippen molar-refractivity contribution in [3.63, 3.8) is 0 Å². The van der Waals surface area contributed by atoms with Gasteiger partial charge in [0.25, 0.3) is 0 Å². The van der Waals surface area contributed by atoms with Crippen molar-refractivity contribution in [2.75, 3.05) is 6.54 Å². The lowest BCUT2D eigenvalue weighted by Crippen LogP contribution is -2.10. The number of hydrogen-bond acceptors (Lipinski definition) is 4. The molecule has 0 aliphatic rings. The minimum Gasteiger partial charge on any atom is -0.381 e. The standard InChI is InChI=1S/C6H7NO3S/c8-5(4-7(9)10)6-2-1-3-11-6/h1-3,5,8H,4H2/t5-/m0/s1. The Morgan fingerprint density at radius 3 is 3.00 bits per heavy atom. The van der Waals surface area contributed by atoms with E-state index < -0.39 is 17.6 Å². The van der Waals surface area contributed by atoms with Gasteiger partial charge in [0.1, 0.15) is 0 Å². The van der Waals surface area contributed by atoms with E-state index >= 15 is 0 Å². The van der Waals surface area contributed by atoms with Crippen molar-refractivity contribution in [1.82, 2.24) is 0 Å². The molecule has 0 amide bonds. The Morgan fingerprint density at radius 2 is 2.55 bits per heavy atom. The summed E-state index contributed by atoms with van der Waals surface area (Å²) >= 11 is 1.32. The first-order valence-electron chi connectivity index (χ1n) is 3.03. The smallest absolute Gasteiger partial charge is 0.234 e. The van der Waals surface area contributed by atoms with Crippen LogP contribution in [0.3, 0.4) is 0 Å². The Bertz CT molecular complexity index is 234. The maximum Gasteiger partial charge on any atom is 0.234 e. The van der Waals surface area contributed by atoms with Crippen molar-refractivity contribution in [3.05, 3.63) is 32.5 Å². The Kier molecular flexibility index (Phi) is 2.56. The summed E-state index contributed by atoms with van der Waals surface area (Å²) in [6, 6.07) is 3.43. The SMILES string of the molecule is O=[N+]([O-])C[C@H](O)c1cccs1. The van der Waals surface area contributed by atoms with Gasteiger partial charge in [0.05, 0.1) is 0 Å². The van der Waals surface area contributed by atoms with Gasteiger partial charge in [-0.2, -0.15) is 0 Å². The first-order chi connectivity index (χ1) is 5.20. The largest absolute Gasteiger partial charge is 0.381 e. The molecule has 1 N–H and O–H groups in total. The van der Waals surface area contributed by atoms with Crippen LogP contribution in [-0.2, 0) is 0 Å². The highest BCUT2D eigenvalue weighted by Gasteiger charge is 2.13. The molecule has 0 aliphatic carbocycles. The van der Waals surface area contributed by atoms with Gasteiger partial charge in [-0.05, 0) is 11.4 Å². The van der Waals surface area contributed by atoms with Gasteiger partial charge in [0, 0.05) is 9.80 Å². The maximum atomic E-state index is 9.96. The zero-order chi connectivity index (χ0) is 8.27. The van der Waals surface area contributed by atoms with E-state index in [0.29, 0.717) is 4.88 Å². The van der Waals surface area contributed by atoms with Gasteiger partial charge in [0.2, 0.25) is 6.54 Å². The van der Waals surface area contributed by atoms with Crippen molar-refractivity contribution in [2.45, 2.75) is 6.10 Å². The van der Waals surface area contributed by atoms with Crippen LogP contribution in [0.15, 0.2) is 17.5 Å². The van der Waals surface area contributed by atoms with E-state index in [1.807, 2.05) is 0 Å². The van der Waals surface area contributed by atoms with Crippen molar-refractivity contribution in [3.8, 4) is 0 Å². The fourth-order valence-electron chi connectivity index (χ4n) is 0.712. The zero-order valence-corrected chi connectivity index (χ0v) is 6.45. The van der Waals surface area contributed by atoms with Gasteiger partial charge >= 0.3 is 0 Å². The third kappa shape index (κ3) is 2.28. The molecule has 4 nitrogen and oxygen atoms in total. The Morgan fingerprint density at radius 1 is 1.82 bits per heavy atom. The Hall–Kier alpha value is -0.940. The number of rotatable bonds is 3. The average Bonchev–Trinajstić information content (AvgIpc) is 2.35. The van der Waals surface area contributed by atoms with Crippen LogP contribution < -0.4 is 0 Å². The van der Waals surface area contributed by atoms with E-state index in [1.165, 1.54) is 11.3 Å². The molecule has 1 aromatic rings. The predicted molar refractivity (Wildman–Crippen MR) is 41.1 cm³/mol. The molecule has 11 heavy (non-hydrogen) atoms. The second-order valence-electron chi connectivity index (χ2n) is 2.05. The molecular formula is C6H7NO3S. The molecule has 0 unspecified atom stereocenters. The Balaban J connectivity index is 2.56. The minimum absolute atomic E-state index is 0.416. The maximum absolute atomic E-state index is 9.96. The van der Waals surface area contributed by atoms with Gasteiger partial charge in [0.15, 0.2) is 6.10 Å². The van der Waals surface area contributed by atoms with Crippen LogP contribution >= 0.6 is 11.3 Å². The summed E-state index contributed by atoms with van der Waals surface area (Å²) in [6.45, 7) is -0.416. The molecule has 0 spiro atoms. The van der Waals surface area contributed by atoms with Gasteiger partial charge in [-0.15, -0.1) is 11.3 Å². The van der Waals surface area contributed by atoms with Crippen LogP contribution in [0.25, 0.3) is 0 Å². The third-order valence-corrected chi connectivity index (χ3v) is 2.17. The quantitative estimate of drug-likeness (QED) is 0.549. The average molecular weight is 173 g/mol. The molecule has 0 saturated heterocycles. The van der Waals surface area contributed by atoms with E-state index in [9.17, 15) is 10.1 Å². The molecule has 0 radical (unpaired) electrons. The predicted octanol–water partition coefficient (Wildman–Crippen LogP) is 1.06. The highest BCUT2D eigenvalue weighted by atomic mass is 32.1. The molecule has 1 atom stereocenters. The van der Waals surface area contributed by atoms with Crippen molar-refractivity contribution in [1.29, 1.82) is 0 Å². The van der Waals surface area contributed by atoms with E-state index in [-0.39, 0.29) is 0 Å². The number of nitro groups is 1. The van der Waals surface area contributed by atoms with Crippen molar-refractivity contribution < 1.29 is 10.0 Å². The summed E-state index contributed by atoms with van der Waals surface area (Å²) in [5.74, 6) is 0. The van der Waals surface area contributed by atoms with Gasteiger partial charge in [-0.3, -0.25) is 10.1 Å². The number of aliphatic hydroxyl groups excluding tert-OH is 1. The lowest BCUT2D eigenvalue weighted by molar-refractivity contribution is -0.491. The number of aliphatic hydroxyl groups is 1. The van der Waals surface area contributed by atoms with Crippen LogP contribution in [0.2, 0.25) is 0 Å². The molecule has 0 aromatic carbocycles. The molecule has 60 valence electrons. The third-order valence-electron chi connectivity index (χ3n) is 1.19. The fraction of sp³-hybridized carbons (Fsp3) is 0.333. The van der Waals surface area contributed by atoms with E-state index in [1.54, 1.807) is 17.5 Å². The normalized spacial score (nSPS) is 12.8. The lowest BCUT2D eigenvalue weighted by atomic mass is 10.3. The fourth-order valence-corrected chi connectivity index (χ4v) is 1.42. The highest BCUT2D eigenvalue weighted by Crippen LogP contribution is 2.18. The number of nitrogens with zero attached hydrogens (tertiary/aromatic N) is 1. The molecule has 5 heteroatoms. The Labute approximate surface area is 67.2 Å². The van der Waals surface area contributed by atoms with Crippen LogP contribution in [0.1, 0.15) is 11.0 Å². The molecule has 0 aliphatic heterocycles. The molecular weight excluding hydrogens is 166 g/mol. The highest BCUT2D eigenvalue weighted by molar-refractivity contribution is 7.10. The first-order valence-corrected chi connectivity index (χ1v) is 3.91. The van der Waals surface area contributed by atoms with E-state index in [0.717, 1.165) is 0 Å². The minimum atomic E-state index is -0.954. The molecule has 1 rings (SSSR count). The second kappa shape index (κ2) is 3.45. The van der Waals surface area contributed by atoms with Crippen LogP contribution in [0.5, 0.6) is 0 Å².